The zero-order chi connectivity index (χ0) is 23.0. The Hall–Kier alpha value is -3.49. The number of ether oxygens (including phenoxy) is 1. The fourth-order valence-corrected chi connectivity index (χ4v) is 3.98. The number of anilines is 2. The lowest BCUT2D eigenvalue weighted by Gasteiger charge is -2.33. The van der Waals surface area contributed by atoms with E-state index in [0.717, 1.165) is 15.8 Å². The predicted molar refractivity (Wildman–Crippen MR) is 115 cm³/mol. The molecule has 0 aliphatic carbocycles. The molecular weight excluding hydrogens is 421 g/mol. The first kappa shape index (κ1) is 21.7. The van der Waals surface area contributed by atoms with Gasteiger partial charge in [0.15, 0.2) is 11.7 Å². The van der Waals surface area contributed by atoms with Crippen molar-refractivity contribution in [3.8, 4) is 5.75 Å². The highest BCUT2D eigenvalue weighted by Crippen LogP contribution is 2.43. The molecular formula is C23H23F3N4O2. The standard InChI is InChI=1S/C23H23F3N4O2/c1-13-8-14(2)10-16(9-13)27-22(31)19-12-21-28-18(15-4-6-17(32-3)7-5-15)11-20(23(24,25)26)30(21)29-19/h4-10,12,18,20,28H,11H2,1-3H3,(H,27,31)/t18-,20+/m0/s1. The van der Waals surface area contributed by atoms with Crippen LogP contribution >= 0.6 is 0 Å². The van der Waals surface area contributed by atoms with Crippen molar-refractivity contribution in [1.29, 1.82) is 0 Å². The van der Waals surface area contributed by atoms with Gasteiger partial charge in [-0.15, -0.1) is 0 Å². The van der Waals surface area contributed by atoms with Crippen LogP contribution in [0.2, 0.25) is 0 Å². The topological polar surface area (TPSA) is 68.2 Å². The molecule has 2 atom stereocenters. The molecule has 0 saturated heterocycles. The van der Waals surface area contributed by atoms with Crippen molar-refractivity contribution in [2.24, 2.45) is 0 Å². The maximum Gasteiger partial charge on any atom is 0.410 e. The zero-order valence-electron chi connectivity index (χ0n) is 17.8. The lowest BCUT2D eigenvalue weighted by molar-refractivity contribution is -0.173. The third kappa shape index (κ3) is 4.42. The van der Waals surface area contributed by atoms with Crippen molar-refractivity contribution in [1.82, 2.24) is 9.78 Å². The second kappa shape index (κ2) is 8.22. The summed E-state index contributed by atoms with van der Waals surface area (Å²) in [4.78, 5) is 12.7. The molecule has 3 aromatic rings. The van der Waals surface area contributed by atoms with Gasteiger partial charge in [0.05, 0.1) is 13.2 Å². The van der Waals surface area contributed by atoms with Crippen LogP contribution in [0.15, 0.2) is 48.5 Å². The van der Waals surface area contributed by atoms with Crippen LogP contribution in [-0.2, 0) is 0 Å². The summed E-state index contributed by atoms with van der Waals surface area (Å²) in [7, 11) is 1.52. The molecule has 2 heterocycles. The number of nitrogens with zero attached hydrogens (tertiary/aromatic N) is 2. The van der Waals surface area contributed by atoms with E-state index in [1.165, 1.54) is 13.2 Å². The van der Waals surface area contributed by atoms with E-state index in [2.05, 4.69) is 15.7 Å². The number of aromatic nitrogens is 2. The molecule has 2 aromatic carbocycles. The van der Waals surface area contributed by atoms with Crippen LogP contribution in [0, 0.1) is 13.8 Å². The Morgan fingerprint density at radius 1 is 1.12 bits per heavy atom. The monoisotopic (exact) mass is 444 g/mol. The number of nitrogens with one attached hydrogen (secondary N) is 2. The van der Waals surface area contributed by atoms with Crippen LogP contribution in [0.4, 0.5) is 24.7 Å². The van der Waals surface area contributed by atoms with Crippen molar-refractivity contribution in [3.05, 3.63) is 70.9 Å². The predicted octanol–water partition coefficient (Wildman–Crippen LogP) is 5.42. The third-order valence-corrected chi connectivity index (χ3v) is 5.42. The normalized spacial score (nSPS) is 17.9. The number of benzene rings is 2. The lowest BCUT2D eigenvalue weighted by Crippen LogP contribution is -2.35. The fraction of sp³-hybridized carbons (Fsp3) is 0.304. The summed E-state index contributed by atoms with van der Waals surface area (Å²) >= 11 is 0. The molecule has 6 nitrogen and oxygen atoms in total. The minimum absolute atomic E-state index is 0.0868. The average molecular weight is 444 g/mol. The van der Waals surface area contributed by atoms with Gasteiger partial charge in [-0.25, -0.2) is 4.68 Å². The summed E-state index contributed by atoms with van der Waals surface area (Å²) in [6, 6.07) is 11.3. The van der Waals surface area contributed by atoms with Crippen LogP contribution in [0.5, 0.6) is 5.75 Å². The number of carbonyl (C=O) groups is 1. The molecule has 0 unspecified atom stereocenters. The van der Waals surface area contributed by atoms with Gasteiger partial charge in [-0.05, 0) is 54.8 Å². The van der Waals surface area contributed by atoms with E-state index in [1.54, 1.807) is 36.4 Å². The number of hydrogen-bond acceptors (Lipinski definition) is 4. The molecule has 1 aliphatic heterocycles. The van der Waals surface area contributed by atoms with Crippen molar-refractivity contribution >= 4 is 17.4 Å². The number of halogens is 3. The number of aryl methyl sites for hydroxylation is 2. The quantitative estimate of drug-likeness (QED) is 0.564. The van der Waals surface area contributed by atoms with Crippen molar-refractivity contribution in [2.75, 3.05) is 17.7 Å². The molecule has 0 spiro atoms. The van der Waals surface area contributed by atoms with Crippen molar-refractivity contribution in [3.63, 3.8) is 0 Å². The summed E-state index contributed by atoms with van der Waals surface area (Å²) in [5, 5.41) is 9.81. The van der Waals surface area contributed by atoms with E-state index in [9.17, 15) is 18.0 Å². The highest BCUT2D eigenvalue weighted by atomic mass is 19.4. The molecule has 1 aliphatic rings. The van der Waals surface area contributed by atoms with Crippen molar-refractivity contribution < 1.29 is 22.7 Å². The highest BCUT2D eigenvalue weighted by Gasteiger charge is 2.46. The van der Waals surface area contributed by atoms with E-state index in [4.69, 9.17) is 4.74 Å². The minimum atomic E-state index is -4.52. The molecule has 2 N–H and O–H groups in total. The minimum Gasteiger partial charge on any atom is -0.497 e. The molecule has 0 fully saturated rings. The van der Waals surface area contributed by atoms with Gasteiger partial charge >= 0.3 is 6.18 Å². The van der Waals surface area contributed by atoms with Gasteiger partial charge in [0.25, 0.3) is 5.91 Å². The summed E-state index contributed by atoms with van der Waals surface area (Å²) in [5.41, 5.74) is 3.09. The van der Waals surface area contributed by atoms with E-state index in [-0.39, 0.29) is 17.9 Å². The number of alkyl halides is 3. The average Bonchev–Trinajstić information content (AvgIpc) is 3.16. The second-order valence-electron chi connectivity index (χ2n) is 7.95. The van der Waals surface area contributed by atoms with Crippen LogP contribution in [0.1, 0.15) is 45.7 Å². The zero-order valence-corrected chi connectivity index (χ0v) is 17.8. The number of amides is 1. The Bertz CT molecular complexity index is 1120. The molecule has 4 rings (SSSR count). The van der Waals surface area contributed by atoms with E-state index in [0.29, 0.717) is 17.0 Å². The molecule has 1 aromatic heterocycles. The Balaban J connectivity index is 1.63. The molecule has 1 amide bonds. The van der Waals surface area contributed by atoms with Gasteiger partial charge < -0.3 is 15.4 Å². The molecule has 0 saturated carbocycles. The first-order valence-corrected chi connectivity index (χ1v) is 10.1. The number of carbonyl (C=O) groups excluding carboxylic acids is 1. The maximum absolute atomic E-state index is 13.9. The lowest BCUT2D eigenvalue weighted by atomic mass is 9.97. The molecule has 0 radical (unpaired) electrons. The Kier molecular flexibility index (Phi) is 5.58. The van der Waals surface area contributed by atoms with E-state index < -0.39 is 24.2 Å². The van der Waals surface area contributed by atoms with Gasteiger partial charge in [-0.1, -0.05) is 18.2 Å². The van der Waals surface area contributed by atoms with Gasteiger partial charge in [0.2, 0.25) is 0 Å². The van der Waals surface area contributed by atoms with E-state index >= 15 is 0 Å². The summed E-state index contributed by atoms with van der Waals surface area (Å²) in [6.45, 7) is 3.80. The number of fused-ring (bicyclic) bond motifs is 1. The van der Waals surface area contributed by atoms with Crippen LogP contribution < -0.4 is 15.4 Å². The van der Waals surface area contributed by atoms with Crippen LogP contribution in [-0.4, -0.2) is 29.0 Å². The van der Waals surface area contributed by atoms with Gasteiger partial charge in [-0.2, -0.15) is 18.3 Å². The Labute approximate surface area is 183 Å². The summed E-state index contributed by atoms with van der Waals surface area (Å²) < 4.78 is 47.6. The third-order valence-electron chi connectivity index (χ3n) is 5.42. The molecule has 9 heteroatoms. The molecule has 168 valence electrons. The Morgan fingerprint density at radius 2 is 1.78 bits per heavy atom. The summed E-state index contributed by atoms with van der Waals surface area (Å²) in [6.07, 6.45) is -4.77. The van der Waals surface area contributed by atoms with Gasteiger partial charge in [-0.3, -0.25) is 4.79 Å². The maximum atomic E-state index is 13.9. The fourth-order valence-electron chi connectivity index (χ4n) is 3.98. The van der Waals surface area contributed by atoms with Gasteiger partial charge in [0, 0.05) is 18.2 Å². The number of methoxy groups -OCH3 is 1. The Morgan fingerprint density at radius 3 is 2.38 bits per heavy atom. The summed E-state index contributed by atoms with van der Waals surface area (Å²) in [5.74, 6) is 0.193. The first-order valence-electron chi connectivity index (χ1n) is 10.1. The van der Waals surface area contributed by atoms with Crippen LogP contribution in [0.3, 0.4) is 0 Å². The first-order chi connectivity index (χ1) is 15.1. The highest BCUT2D eigenvalue weighted by molar-refractivity contribution is 6.03. The molecule has 32 heavy (non-hydrogen) atoms. The van der Waals surface area contributed by atoms with E-state index in [1.807, 2.05) is 19.9 Å². The largest absolute Gasteiger partial charge is 0.497 e. The second-order valence-corrected chi connectivity index (χ2v) is 7.95. The van der Waals surface area contributed by atoms with Gasteiger partial charge in [0.1, 0.15) is 11.6 Å². The number of hydrogen-bond donors (Lipinski definition) is 2. The number of rotatable bonds is 4. The van der Waals surface area contributed by atoms with Crippen molar-refractivity contribution in [2.45, 2.75) is 38.5 Å². The molecule has 0 bridgehead atoms. The SMILES string of the molecule is COc1ccc([C@@H]2C[C@H](C(F)(F)F)n3nc(C(=O)Nc4cc(C)cc(C)c4)cc3N2)cc1. The van der Waals surface area contributed by atoms with Crippen LogP contribution in [0.25, 0.3) is 0 Å². The smallest absolute Gasteiger partial charge is 0.410 e.